The lowest BCUT2D eigenvalue weighted by atomic mass is 9.84. The van der Waals surface area contributed by atoms with Crippen LogP contribution < -0.4 is 5.73 Å². The van der Waals surface area contributed by atoms with Crippen LogP contribution in [-0.4, -0.2) is 30.9 Å². The van der Waals surface area contributed by atoms with Crippen LogP contribution in [0.25, 0.3) is 0 Å². The monoisotopic (exact) mass is 211 g/mol. The molecule has 0 amide bonds. The molecule has 1 aliphatic carbocycles. The highest BCUT2D eigenvalue weighted by Crippen LogP contribution is 2.27. The van der Waals surface area contributed by atoms with Gasteiger partial charge in [0.1, 0.15) is 0 Å². The second-order valence-corrected chi connectivity index (χ2v) is 5.61. The summed E-state index contributed by atoms with van der Waals surface area (Å²) in [6.07, 6.45) is 5.20. The molecule has 15 heavy (non-hydrogen) atoms. The van der Waals surface area contributed by atoms with Crippen molar-refractivity contribution in [2.24, 2.45) is 17.1 Å². The van der Waals surface area contributed by atoms with E-state index in [1.807, 2.05) is 13.8 Å². The van der Waals surface area contributed by atoms with Gasteiger partial charge in [-0.25, -0.2) is 0 Å². The van der Waals surface area contributed by atoms with Gasteiger partial charge in [0.25, 0.3) is 0 Å². The summed E-state index contributed by atoms with van der Waals surface area (Å²) < 4.78 is 0. The zero-order valence-corrected chi connectivity index (χ0v) is 10.3. The molecule has 1 fully saturated rings. The molecule has 88 valence electrons. The maximum atomic E-state index is 7.49. The summed E-state index contributed by atoms with van der Waals surface area (Å²) in [6.45, 7) is 6.36. The summed E-state index contributed by atoms with van der Waals surface area (Å²) in [6, 6.07) is 0. The van der Waals surface area contributed by atoms with E-state index in [1.165, 1.54) is 25.8 Å². The normalized spacial score (nSPS) is 17.9. The molecular formula is C12H25N3. The van der Waals surface area contributed by atoms with Crippen molar-refractivity contribution in [2.45, 2.75) is 39.5 Å². The zero-order valence-electron chi connectivity index (χ0n) is 10.3. The van der Waals surface area contributed by atoms with Gasteiger partial charge in [0.15, 0.2) is 0 Å². The van der Waals surface area contributed by atoms with Gasteiger partial charge in [0.2, 0.25) is 0 Å². The van der Waals surface area contributed by atoms with Gasteiger partial charge in [-0.15, -0.1) is 0 Å². The minimum atomic E-state index is -0.145. The number of nitrogens with one attached hydrogen (secondary N) is 1. The highest BCUT2D eigenvalue weighted by Gasteiger charge is 2.23. The van der Waals surface area contributed by atoms with E-state index in [0.717, 1.165) is 18.9 Å². The van der Waals surface area contributed by atoms with Gasteiger partial charge in [-0.3, -0.25) is 5.41 Å². The summed E-state index contributed by atoms with van der Waals surface area (Å²) in [5.41, 5.74) is 5.41. The van der Waals surface area contributed by atoms with Gasteiger partial charge in [-0.2, -0.15) is 0 Å². The molecule has 3 N–H and O–H groups in total. The van der Waals surface area contributed by atoms with Crippen LogP contribution in [0.1, 0.15) is 39.5 Å². The predicted molar refractivity (Wildman–Crippen MR) is 65.2 cm³/mol. The van der Waals surface area contributed by atoms with Gasteiger partial charge < -0.3 is 10.6 Å². The molecule has 0 saturated heterocycles. The molecule has 0 spiro atoms. The van der Waals surface area contributed by atoms with Crippen molar-refractivity contribution in [3.8, 4) is 0 Å². The highest BCUT2D eigenvalue weighted by atomic mass is 15.1. The van der Waals surface area contributed by atoms with E-state index >= 15 is 0 Å². The quantitative estimate of drug-likeness (QED) is 0.522. The van der Waals surface area contributed by atoms with E-state index in [9.17, 15) is 0 Å². The molecular weight excluding hydrogens is 186 g/mol. The molecule has 3 heteroatoms. The molecule has 0 atom stereocenters. The van der Waals surface area contributed by atoms with Crippen molar-refractivity contribution in [2.75, 3.05) is 20.1 Å². The fourth-order valence-corrected chi connectivity index (χ4v) is 1.81. The second-order valence-electron chi connectivity index (χ2n) is 5.61. The van der Waals surface area contributed by atoms with Crippen LogP contribution in [0.4, 0.5) is 0 Å². The Morgan fingerprint density at radius 1 is 1.47 bits per heavy atom. The summed E-state index contributed by atoms with van der Waals surface area (Å²) in [7, 11) is 2.18. The number of nitrogens with zero attached hydrogens (tertiary/aromatic N) is 1. The first-order valence-electron chi connectivity index (χ1n) is 5.95. The molecule has 0 aromatic rings. The third-order valence-corrected chi connectivity index (χ3v) is 3.64. The van der Waals surface area contributed by atoms with E-state index in [-0.39, 0.29) is 5.41 Å². The van der Waals surface area contributed by atoms with E-state index in [1.54, 1.807) is 0 Å². The van der Waals surface area contributed by atoms with Gasteiger partial charge in [0, 0.05) is 12.0 Å². The Kier molecular flexibility index (Phi) is 4.14. The first-order chi connectivity index (χ1) is 6.92. The van der Waals surface area contributed by atoms with Crippen LogP contribution in [0.5, 0.6) is 0 Å². The lowest BCUT2D eigenvalue weighted by Gasteiger charge is -2.32. The van der Waals surface area contributed by atoms with Crippen LogP contribution >= 0.6 is 0 Å². The number of hydrogen-bond acceptors (Lipinski definition) is 2. The third-order valence-electron chi connectivity index (χ3n) is 3.64. The van der Waals surface area contributed by atoms with Crippen LogP contribution in [-0.2, 0) is 0 Å². The smallest absolute Gasteiger partial charge is 0.0963 e. The van der Waals surface area contributed by atoms with Gasteiger partial charge in [-0.1, -0.05) is 20.3 Å². The second kappa shape index (κ2) is 4.97. The molecule has 0 aromatic carbocycles. The Balaban J connectivity index is 2.20. The summed E-state index contributed by atoms with van der Waals surface area (Å²) in [5, 5.41) is 7.49. The highest BCUT2D eigenvalue weighted by molar-refractivity contribution is 5.82. The number of rotatable bonds is 6. The maximum absolute atomic E-state index is 7.49. The van der Waals surface area contributed by atoms with Crippen molar-refractivity contribution in [3.05, 3.63) is 0 Å². The van der Waals surface area contributed by atoms with Crippen LogP contribution in [0.15, 0.2) is 0 Å². The first-order valence-corrected chi connectivity index (χ1v) is 5.95. The average molecular weight is 211 g/mol. The van der Waals surface area contributed by atoms with Crippen molar-refractivity contribution in [3.63, 3.8) is 0 Å². The fourth-order valence-electron chi connectivity index (χ4n) is 1.81. The Morgan fingerprint density at radius 2 is 2.07 bits per heavy atom. The maximum Gasteiger partial charge on any atom is 0.0963 e. The van der Waals surface area contributed by atoms with Gasteiger partial charge in [0.05, 0.1) is 5.84 Å². The lowest BCUT2D eigenvalue weighted by Crippen LogP contribution is -2.36. The molecule has 0 radical (unpaired) electrons. The Labute approximate surface area is 93.5 Å². The first kappa shape index (κ1) is 12.5. The van der Waals surface area contributed by atoms with Crippen molar-refractivity contribution < 1.29 is 0 Å². The standard InChI is InChI=1S/C12H25N3/c1-12(2,11(13)14)7-8-15(3)9-10-5-4-6-10/h10H,4-9H2,1-3H3,(H3,13,14). The molecule has 1 aliphatic rings. The molecule has 0 heterocycles. The summed E-state index contributed by atoms with van der Waals surface area (Å²) >= 11 is 0. The topological polar surface area (TPSA) is 53.1 Å². The Hall–Kier alpha value is -0.570. The van der Waals surface area contributed by atoms with Crippen molar-refractivity contribution >= 4 is 5.84 Å². The lowest BCUT2D eigenvalue weighted by molar-refractivity contribution is 0.194. The van der Waals surface area contributed by atoms with Gasteiger partial charge in [-0.05, 0) is 38.8 Å². The third kappa shape index (κ3) is 3.82. The van der Waals surface area contributed by atoms with Crippen molar-refractivity contribution in [1.82, 2.24) is 4.90 Å². The van der Waals surface area contributed by atoms with Crippen LogP contribution in [0.2, 0.25) is 0 Å². The van der Waals surface area contributed by atoms with Crippen molar-refractivity contribution in [1.29, 1.82) is 5.41 Å². The average Bonchev–Trinajstić information content (AvgIpc) is 2.08. The van der Waals surface area contributed by atoms with Crippen LogP contribution in [0.3, 0.4) is 0 Å². The largest absolute Gasteiger partial charge is 0.387 e. The Morgan fingerprint density at radius 3 is 2.47 bits per heavy atom. The zero-order chi connectivity index (χ0) is 11.5. The fraction of sp³-hybridized carbons (Fsp3) is 0.917. The van der Waals surface area contributed by atoms with E-state index in [4.69, 9.17) is 11.1 Å². The summed E-state index contributed by atoms with van der Waals surface area (Å²) in [4.78, 5) is 2.38. The molecule has 1 rings (SSSR count). The molecule has 1 saturated carbocycles. The summed E-state index contributed by atoms with van der Waals surface area (Å²) in [5.74, 6) is 1.23. The molecule has 3 nitrogen and oxygen atoms in total. The Bertz CT molecular complexity index is 219. The SMILES string of the molecule is CN(CCC(C)(C)C(=N)N)CC1CCC1. The van der Waals surface area contributed by atoms with E-state index < -0.39 is 0 Å². The van der Waals surface area contributed by atoms with Crippen LogP contribution in [0, 0.1) is 16.7 Å². The minimum absolute atomic E-state index is 0.145. The number of amidine groups is 1. The minimum Gasteiger partial charge on any atom is -0.387 e. The molecule has 0 aliphatic heterocycles. The number of hydrogen-bond donors (Lipinski definition) is 2. The van der Waals surface area contributed by atoms with E-state index in [2.05, 4.69) is 11.9 Å². The molecule has 0 unspecified atom stereocenters. The number of nitrogens with two attached hydrogens (primary N) is 1. The molecule has 0 aromatic heterocycles. The molecule has 0 bridgehead atoms. The van der Waals surface area contributed by atoms with Gasteiger partial charge >= 0.3 is 0 Å². The van der Waals surface area contributed by atoms with E-state index in [0.29, 0.717) is 5.84 Å². The predicted octanol–water partition coefficient (Wildman–Crippen LogP) is 2.07.